The molecule has 0 fully saturated rings. The number of rotatable bonds is 7. The molecule has 0 saturated heterocycles. The fourth-order valence-corrected chi connectivity index (χ4v) is 1.46. The molecule has 0 heterocycles. The number of nitrogens with zero attached hydrogens (tertiary/aromatic N) is 1. The molecule has 0 saturated carbocycles. The van der Waals surface area contributed by atoms with Gasteiger partial charge >= 0.3 is 12.0 Å². The molecule has 0 bridgehead atoms. The highest BCUT2D eigenvalue weighted by Gasteiger charge is 2.13. The minimum atomic E-state index is -0.777. The average molecular weight is 254 g/mol. The van der Waals surface area contributed by atoms with Gasteiger partial charge in [0.25, 0.3) is 0 Å². The van der Waals surface area contributed by atoms with Crippen LogP contribution in [0.15, 0.2) is 0 Å². The molecule has 2 N–H and O–H groups in total. The molecule has 0 rings (SSSR count). The number of nitrogens with one attached hydrogen (secondary N) is 1. The van der Waals surface area contributed by atoms with Crippen molar-refractivity contribution in [3.05, 3.63) is 0 Å². The van der Waals surface area contributed by atoms with E-state index in [9.17, 15) is 9.59 Å². The Morgan fingerprint density at radius 3 is 2.50 bits per heavy atom. The van der Waals surface area contributed by atoms with Crippen LogP contribution in [0, 0.1) is 18.3 Å². The van der Waals surface area contributed by atoms with Gasteiger partial charge in [0.15, 0.2) is 0 Å². The number of hydrogen-bond acceptors (Lipinski definition) is 2. The third kappa shape index (κ3) is 6.79. The molecule has 102 valence electrons. The molecule has 0 aromatic rings. The fraction of sp³-hybridized carbons (Fsp3) is 0.692. The van der Waals surface area contributed by atoms with Gasteiger partial charge in [-0.3, -0.25) is 4.79 Å². The highest BCUT2D eigenvalue weighted by atomic mass is 16.4. The molecule has 0 aliphatic rings. The lowest BCUT2D eigenvalue weighted by atomic mass is 10.0. The normalized spacial score (nSPS) is 13.2. The molecular formula is C13H22N2O3. The van der Waals surface area contributed by atoms with E-state index < -0.39 is 5.97 Å². The molecule has 0 aromatic heterocycles. The predicted molar refractivity (Wildman–Crippen MR) is 70.1 cm³/mol. The van der Waals surface area contributed by atoms with Crippen LogP contribution in [0.1, 0.15) is 33.1 Å². The lowest BCUT2D eigenvalue weighted by Crippen LogP contribution is -2.42. The first-order valence-corrected chi connectivity index (χ1v) is 6.06. The van der Waals surface area contributed by atoms with Gasteiger partial charge in [-0.2, -0.15) is 0 Å². The van der Waals surface area contributed by atoms with Crippen molar-refractivity contribution in [3.63, 3.8) is 0 Å². The van der Waals surface area contributed by atoms with Crippen molar-refractivity contribution >= 4 is 12.0 Å². The summed E-state index contributed by atoms with van der Waals surface area (Å²) in [5.41, 5.74) is 0. The maximum absolute atomic E-state index is 11.6. The van der Waals surface area contributed by atoms with E-state index in [1.165, 1.54) is 4.90 Å². The second kappa shape index (κ2) is 8.40. The molecule has 0 aliphatic heterocycles. The number of hydrogen-bond donors (Lipinski definition) is 2. The number of carbonyl (C=O) groups is 2. The second-order valence-corrected chi connectivity index (χ2v) is 4.58. The zero-order valence-corrected chi connectivity index (χ0v) is 11.3. The van der Waals surface area contributed by atoms with Gasteiger partial charge in [-0.15, -0.1) is 6.42 Å². The highest BCUT2D eigenvalue weighted by Crippen LogP contribution is 2.09. The number of carboxylic acid groups (broad SMARTS) is 1. The third-order valence-corrected chi connectivity index (χ3v) is 2.74. The van der Waals surface area contributed by atoms with Gasteiger partial charge in [0.1, 0.15) is 0 Å². The van der Waals surface area contributed by atoms with E-state index in [4.69, 9.17) is 11.5 Å². The summed E-state index contributed by atoms with van der Waals surface area (Å²) < 4.78 is 0. The number of carbonyl (C=O) groups excluding carboxylic acids is 1. The first kappa shape index (κ1) is 16.3. The fourth-order valence-electron chi connectivity index (χ4n) is 1.46. The molecule has 2 unspecified atom stereocenters. The van der Waals surface area contributed by atoms with Crippen LogP contribution < -0.4 is 5.32 Å². The van der Waals surface area contributed by atoms with E-state index in [1.807, 2.05) is 6.92 Å². The Morgan fingerprint density at radius 1 is 1.39 bits per heavy atom. The quantitative estimate of drug-likeness (QED) is 0.677. The number of amides is 2. The first-order valence-electron chi connectivity index (χ1n) is 6.06. The van der Waals surface area contributed by atoms with Gasteiger partial charge in [-0.05, 0) is 19.8 Å². The van der Waals surface area contributed by atoms with Crippen molar-refractivity contribution in [1.29, 1.82) is 0 Å². The molecule has 0 aliphatic carbocycles. The van der Waals surface area contributed by atoms with E-state index in [1.54, 1.807) is 14.0 Å². The topological polar surface area (TPSA) is 69.6 Å². The Morgan fingerprint density at radius 2 is 2.00 bits per heavy atom. The van der Waals surface area contributed by atoms with Gasteiger partial charge in [0, 0.05) is 13.1 Å². The van der Waals surface area contributed by atoms with Crippen molar-refractivity contribution < 1.29 is 14.7 Å². The lowest BCUT2D eigenvalue weighted by molar-refractivity contribution is -0.141. The summed E-state index contributed by atoms with van der Waals surface area (Å²) in [6, 6.07) is -0.189. The maximum Gasteiger partial charge on any atom is 0.318 e. The average Bonchev–Trinajstić information content (AvgIpc) is 2.28. The summed E-state index contributed by atoms with van der Waals surface area (Å²) >= 11 is 0. The van der Waals surface area contributed by atoms with Crippen LogP contribution in [0.25, 0.3) is 0 Å². The number of urea groups is 1. The minimum absolute atomic E-state index is 0.0127. The Bertz CT molecular complexity index is 323. The Labute approximate surface area is 109 Å². The predicted octanol–water partition coefficient (Wildman–Crippen LogP) is 1.54. The van der Waals surface area contributed by atoms with Crippen LogP contribution in [-0.2, 0) is 4.79 Å². The maximum atomic E-state index is 11.6. The zero-order valence-electron chi connectivity index (χ0n) is 11.3. The van der Waals surface area contributed by atoms with Gasteiger partial charge in [0.2, 0.25) is 0 Å². The van der Waals surface area contributed by atoms with Crippen molar-refractivity contribution in [2.24, 2.45) is 5.92 Å². The minimum Gasteiger partial charge on any atom is -0.481 e. The van der Waals surface area contributed by atoms with Crippen molar-refractivity contribution in [2.45, 2.75) is 39.2 Å². The monoisotopic (exact) mass is 254 g/mol. The van der Waals surface area contributed by atoms with Gasteiger partial charge in [0.05, 0.1) is 12.5 Å². The van der Waals surface area contributed by atoms with E-state index in [-0.39, 0.29) is 24.5 Å². The molecule has 18 heavy (non-hydrogen) atoms. The smallest absolute Gasteiger partial charge is 0.318 e. The molecule has 5 heteroatoms. The van der Waals surface area contributed by atoms with Crippen LogP contribution in [0.3, 0.4) is 0 Å². The first-order chi connectivity index (χ1) is 8.38. The second-order valence-electron chi connectivity index (χ2n) is 4.58. The SMILES string of the molecule is C#CCN(C)C(=O)NC(C)CCCC(C)C(=O)O. The van der Waals surface area contributed by atoms with Crippen molar-refractivity contribution in [1.82, 2.24) is 10.2 Å². The summed E-state index contributed by atoms with van der Waals surface area (Å²) in [7, 11) is 1.63. The van der Waals surface area contributed by atoms with E-state index in [0.717, 1.165) is 12.8 Å². The summed E-state index contributed by atoms with van der Waals surface area (Å²) in [6.45, 7) is 3.86. The summed E-state index contributed by atoms with van der Waals surface area (Å²) in [6.07, 6.45) is 7.26. The molecular weight excluding hydrogens is 232 g/mol. The molecule has 2 amide bonds. The van der Waals surface area contributed by atoms with Gasteiger partial charge in [-0.1, -0.05) is 19.3 Å². The third-order valence-electron chi connectivity index (χ3n) is 2.74. The van der Waals surface area contributed by atoms with E-state index >= 15 is 0 Å². The van der Waals surface area contributed by atoms with Crippen molar-refractivity contribution in [2.75, 3.05) is 13.6 Å². The highest BCUT2D eigenvalue weighted by molar-refractivity contribution is 5.74. The number of carboxylic acids is 1. The number of terminal acetylenes is 1. The van der Waals surface area contributed by atoms with Crippen LogP contribution >= 0.6 is 0 Å². The Kier molecular flexibility index (Phi) is 7.61. The lowest BCUT2D eigenvalue weighted by Gasteiger charge is -2.19. The zero-order chi connectivity index (χ0) is 14.1. The van der Waals surface area contributed by atoms with Gasteiger partial charge in [-0.25, -0.2) is 4.79 Å². The largest absolute Gasteiger partial charge is 0.481 e. The van der Waals surface area contributed by atoms with E-state index in [0.29, 0.717) is 6.42 Å². The molecule has 5 nitrogen and oxygen atoms in total. The molecule has 0 spiro atoms. The van der Waals surface area contributed by atoms with E-state index in [2.05, 4.69) is 11.2 Å². The summed E-state index contributed by atoms with van der Waals surface area (Å²) in [4.78, 5) is 23.6. The summed E-state index contributed by atoms with van der Waals surface area (Å²) in [5, 5.41) is 11.5. The van der Waals surface area contributed by atoms with Crippen LogP contribution in [0.4, 0.5) is 4.79 Å². The molecule has 0 radical (unpaired) electrons. The Hall–Kier alpha value is -1.70. The van der Waals surface area contributed by atoms with Crippen LogP contribution in [0.5, 0.6) is 0 Å². The Balaban J connectivity index is 3.84. The van der Waals surface area contributed by atoms with Gasteiger partial charge < -0.3 is 15.3 Å². The van der Waals surface area contributed by atoms with Crippen molar-refractivity contribution in [3.8, 4) is 12.3 Å². The number of aliphatic carboxylic acids is 1. The van der Waals surface area contributed by atoms with Crippen LogP contribution in [-0.4, -0.2) is 41.6 Å². The molecule has 0 aromatic carbocycles. The van der Waals surface area contributed by atoms with Crippen LogP contribution in [0.2, 0.25) is 0 Å². The molecule has 2 atom stereocenters. The summed E-state index contributed by atoms with van der Waals surface area (Å²) in [5.74, 6) is 1.28. The standard InChI is InChI=1S/C13H22N2O3/c1-5-9-15(4)13(18)14-11(3)8-6-7-10(2)12(16)17/h1,10-11H,6-9H2,2-4H3,(H,14,18)(H,16,17).